The quantitative estimate of drug-likeness (QED) is 0.905. The van der Waals surface area contributed by atoms with E-state index >= 15 is 0 Å². The summed E-state index contributed by atoms with van der Waals surface area (Å²) in [4.78, 5) is 19.6. The van der Waals surface area contributed by atoms with Crippen LogP contribution in [0, 0.1) is 13.8 Å². The minimum atomic E-state index is -3.48. The predicted octanol–water partition coefficient (Wildman–Crippen LogP) is 2.09. The highest BCUT2D eigenvalue weighted by atomic mass is 32.2. The van der Waals surface area contributed by atoms with Gasteiger partial charge in [0.2, 0.25) is 0 Å². The number of aromatic carboxylic acids is 1. The summed E-state index contributed by atoms with van der Waals surface area (Å²) in [5, 5.41) is 9.38. The van der Waals surface area contributed by atoms with Gasteiger partial charge in [-0.2, -0.15) is 0 Å². The SMILES string of the molecule is Cc1cc(C(=O)O)c(C)c2c1S(=O)(=O)CCC2Oc1ncccn1. The fourth-order valence-corrected chi connectivity index (χ4v) is 4.94. The summed E-state index contributed by atoms with van der Waals surface area (Å²) in [6.45, 7) is 3.20. The summed E-state index contributed by atoms with van der Waals surface area (Å²) in [5.74, 6) is -1.17. The molecule has 7 nitrogen and oxygen atoms in total. The second-order valence-electron chi connectivity index (χ2n) is 5.66. The minimum absolute atomic E-state index is 0.0653. The second kappa shape index (κ2) is 5.86. The van der Waals surface area contributed by atoms with Crippen LogP contribution in [0.1, 0.15) is 39.6 Å². The van der Waals surface area contributed by atoms with E-state index in [1.54, 1.807) is 19.9 Å². The smallest absolute Gasteiger partial charge is 0.335 e. The predicted molar refractivity (Wildman–Crippen MR) is 84.9 cm³/mol. The zero-order valence-electron chi connectivity index (χ0n) is 13.2. The van der Waals surface area contributed by atoms with E-state index in [1.165, 1.54) is 18.5 Å². The topological polar surface area (TPSA) is 106 Å². The molecule has 1 aliphatic rings. The molecule has 0 fully saturated rings. The van der Waals surface area contributed by atoms with E-state index in [4.69, 9.17) is 4.74 Å². The van der Waals surface area contributed by atoms with Gasteiger partial charge in [-0.05, 0) is 37.1 Å². The van der Waals surface area contributed by atoms with Crippen LogP contribution in [-0.2, 0) is 9.84 Å². The summed E-state index contributed by atoms with van der Waals surface area (Å²) in [6.07, 6.45) is 2.66. The Hall–Kier alpha value is -2.48. The number of fused-ring (bicyclic) bond motifs is 1. The van der Waals surface area contributed by atoms with Gasteiger partial charge in [0, 0.05) is 24.4 Å². The second-order valence-corrected chi connectivity index (χ2v) is 7.71. The molecule has 126 valence electrons. The van der Waals surface area contributed by atoms with Crippen molar-refractivity contribution in [1.29, 1.82) is 0 Å². The first-order valence-corrected chi connectivity index (χ1v) is 9.00. The normalized spacial score (nSPS) is 18.7. The number of carbonyl (C=O) groups is 1. The maximum absolute atomic E-state index is 12.5. The Kier molecular flexibility index (Phi) is 4.00. The molecule has 0 aliphatic carbocycles. The third-order valence-electron chi connectivity index (χ3n) is 4.07. The average Bonchev–Trinajstić information content (AvgIpc) is 2.53. The lowest BCUT2D eigenvalue weighted by Gasteiger charge is -2.29. The van der Waals surface area contributed by atoms with Crippen LogP contribution in [0.2, 0.25) is 0 Å². The number of rotatable bonds is 3. The van der Waals surface area contributed by atoms with E-state index in [0.29, 0.717) is 16.7 Å². The van der Waals surface area contributed by atoms with Crippen LogP contribution in [-0.4, -0.2) is 35.2 Å². The molecule has 2 heterocycles. The molecular formula is C16H16N2O5S. The Labute approximate surface area is 139 Å². The van der Waals surface area contributed by atoms with E-state index in [-0.39, 0.29) is 28.6 Å². The van der Waals surface area contributed by atoms with E-state index in [0.717, 1.165) is 0 Å². The fraction of sp³-hybridized carbons (Fsp3) is 0.312. The molecule has 0 radical (unpaired) electrons. The Morgan fingerprint density at radius 3 is 2.58 bits per heavy atom. The van der Waals surface area contributed by atoms with Crippen LogP contribution in [0.25, 0.3) is 0 Å². The molecule has 0 amide bonds. The summed E-state index contributed by atoms with van der Waals surface area (Å²) < 4.78 is 30.7. The third-order valence-corrected chi connectivity index (χ3v) is 6.01. The van der Waals surface area contributed by atoms with Crippen LogP contribution in [0.4, 0.5) is 0 Å². The molecule has 0 saturated heterocycles. The van der Waals surface area contributed by atoms with Crippen molar-refractivity contribution in [3.63, 3.8) is 0 Å². The van der Waals surface area contributed by atoms with Gasteiger partial charge in [-0.15, -0.1) is 0 Å². The zero-order valence-corrected chi connectivity index (χ0v) is 14.0. The van der Waals surface area contributed by atoms with Crippen molar-refractivity contribution in [2.24, 2.45) is 0 Å². The number of sulfone groups is 1. The highest BCUT2D eigenvalue weighted by Gasteiger charge is 2.36. The van der Waals surface area contributed by atoms with Crippen LogP contribution >= 0.6 is 0 Å². The fourth-order valence-electron chi connectivity index (χ4n) is 3.04. The molecular weight excluding hydrogens is 332 g/mol. The molecule has 1 N–H and O–H groups in total. The van der Waals surface area contributed by atoms with Gasteiger partial charge in [0.1, 0.15) is 6.10 Å². The van der Waals surface area contributed by atoms with Gasteiger partial charge < -0.3 is 9.84 Å². The van der Waals surface area contributed by atoms with E-state index in [2.05, 4.69) is 9.97 Å². The first-order chi connectivity index (χ1) is 11.3. The standard InChI is InChI=1S/C16H16N2O5S/c1-9-8-11(15(19)20)10(2)13-12(4-7-24(21,22)14(9)13)23-16-17-5-3-6-18-16/h3,5-6,8,12H,4,7H2,1-2H3,(H,19,20). The van der Waals surface area contributed by atoms with Crippen LogP contribution in [0.5, 0.6) is 6.01 Å². The van der Waals surface area contributed by atoms with E-state index < -0.39 is 21.9 Å². The van der Waals surface area contributed by atoms with Gasteiger partial charge in [0.25, 0.3) is 0 Å². The maximum atomic E-state index is 12.5. The van der Waals surface area contributed by atoms with E-state index in [9.17, 15) is 18.3 Å². The average molecular weight is 348 g/mol. The van der Waals surface area contributed by atoms with Gasteiger partial charge in [0.15, 0.2) is 9.84 Å². The van der Waals surface area contributed by atoms with Gasteiger partial charge in [-0.1, -0.05) is 0 Å². The number of ether oxygens (including phenoxy) is 1. The molecule has 24 heavy (non-hydrogen) atoms. The zero-order chi connectivity index (χ0) is 17.5. The Morgan fingerprint density at radius 2 is 1.96 bits per heavy atom. The molecule has 3 rings (SSSR count). The molecule has 0 saturated carbocycles. The number of hydrogen-bond donors (Lipinski definition) is 1. The van der Waals surface area contributed by atoms with Crippen molar-refractivity contribution in [1.82, 2.24) is 9.97 Å². The number of nitrogens with zero attached hydrogens (tertiary/aromatic N) is 2. The summed E-state index contributed by atoms with van der Waals surface area (Å²) in [6, 6.07) is 3.17. The molecule has 1 aromatic heterocycles. The molecule has 1 atom stereocenters. The van der Waals surface area contributed by atoms with Gasteiger partial charge in [0.05, 0.1) is 16.2 Å². The van der Waals surface area contributed by atoms with Crippen LogP contribution < -0.4 is 4.74 Å². The Balaban J connectivity index is 2.20. The van der Waals surface area contributed by atoms with Crippen molar-refractivity contribution in [3.05, 3.63) is 46.8 Å². The molecule has 0 bridgehead atoms. The molecule has 2 aromatic rings. The minimum Gasteiger partial charge on any atom is -0.478 e. The first kappa shape index (κ1) is 16.4. The van der Waals surface area contributed by atoms with Gasteiger partial charge in [-0.3, -0.25) is 0 Å². The van der Waals surface area contributed by atoms with Crippen molar-refractivity contribution in [3.8, 4) is 6.01 Å². The first-order valence-electron chi connectivity index (χ1n) is 7.35. The van der Waals surface area contributed by atoms with E-state index in [1.807, 2.05) is 0 Å². The maximum Gasteiger partial charge on any atom is 0.335 e. The van der Waals surface area contributed by atoms with Gasteiger partial charge >= 0.3 is 12.0 Å². The van der Waals surface area contributed by atoms with Crippen molar-refractivity contribution in [2.45, 2.75) is 31.3 Å². The summed E-state index contributed by atoms with van der Waals surface area (Å²) in [7, 11) is -3.48. The molecule has 1 aliphatic heterocycles. The highest BCUT2D eigenvalue weighted by Crippen LogP contribution is 2.39. The largest absolute Gasteiger partial charge is 0.478 e. The number of carboxylic acid groups (broad SMARTS) is 1. The van der Waals surface area contributed by atoms with Gasteiger partial charge in [-0.25, -0.2) is 23.2 Å². The Bertz CT molecular complexity index is 910. The monoisotopic (exact) mass is 348 g/mol. The number of benzene rings is 1. The summed E-state index contributed by atoms with van der Waals surface area (Å²) in [5.41, 5.74) is 1.28. The van der Waals surface area contributed by atoms with Crippen LogP contribution in [0.15, 0.2) is 29.4 Å². The number of aryl methyl sites for hydroxylation is 1. The Morgan fingerprint density at radius 1 is 1.29 bits per heavy atom. The number of hydrogen-bond acceptors (Lipinski definition) is 6. The molecule has 8 heteroatoms. The van der Waals surface area contributed by atoms with Crippen molar-refractivity contribution >= 4 is 15.8 Å². The number of aromatic nitrogens is 2. The number of carboxylic acids is 1. The molecule has 1 aromatic carbocycles. The van der Waals surface area contributed by atoms with Crippen LogP contribution in [0.3, 0.4) is 0 Å². The van der Waals surface area contributed by atoms with Crippen molar-refractivity contribution in [2.75, 3.05) is 5.75 Å². The van der Waals surface area contributed by atoms with Crippen molar-refractivity contribution < 1.29 is 23.1 Å². The lowest BCUT2D eigenvalue weighted by Crippen LogP contribution is -2.27. The highest BCUT2D eigenvalue weighted by molar-refractivity contribution is 7.91. The molecule has 0 spiro atoms. The lowest BCUT2D eigenvalue weighted by atomic mass is 9.94. The third kappa shape index (κ3) is 2.73. The lowest BCUT2D eigenvalue weighted by molar-refractivity contribution is 0.0695. The summed E-state index contributed by atoms with van der Waals surface area (Å²) >= 11 is 0. The molecule has 1 unspecified atom stereocenters.